The predicted octanol–water partition coefficient (Wildman–Crippen LogP) is 3.84. The smallest absolute Gasteiger partial charge is 0.224 e. The predicted molar refractivity (Wildman–Crippen MR) is 94.3 cm³/mol. The summed E-state index contributed by atoms with van der Waals surface area (Å²) < 4.78 is 13.8. The topological polar surface area (TPSA) is 23.6 Å². The zero-order valence-electron chi connectivity index (χ0n) is 14.0. The number of nitrogens with zero attached hydrogens (tertiary/aromatic N) is 2. The molecule has 1 fully saturated rings. The molecule has 0 bridgehead atoms. The van der Waals surface area contributed by atoms with Crippen LogP contribution in [0.4, 0.5) is 10.1 Å². The van der Waals surface area contributed by atoms with Gasteiger partial charge >= 0.3 is 0 Å². The molecule has 1 heterocycles. The van der Waals surface area contributed by atoms with Gasteiger partial charge in [-0.3, -0.25) is 9.69 Å². The molecule has 0 radical (unpaired) electrons. The van der Waals surface area contributed by atoms with Crippen molar-refractivity contribution in [2.24, 2.45) is 0 Å². The van der Waals surface area contributed by atoms with Crippen molar-refractivity contribution < 1.29 is 9.18 Å². The summed E-state index contributed by atoms with van der Waals surface area (Å²) >= 11 is 0. The molecule has 0 atom stereocenters. The van der Waals surface area contributed by atoms with Crippen LogP contribution >= 0.6 is 0 Å². The third kappa shape index (κ3) is 3.82. The van der Waals surface area contributed by atoms with Crippen molar-refractivity contribution in [2.75, 3.05) is 18.0 Å². The van der Waals surface area contributed by atoms with Crippen molar-refractivity contribution in [2.45, 2.75) is 32.4 Å². The second kappa shape index (κ2) is 7.58. The van der Waals surface area contributed by atoms with E-state index in [1.54, 1.807) is 13.0 Å². The van der Waals surface area contributed by atoms with Crippen LogP contribution < -0.4 is 4.90 Å². The first kappa shape index (κ1) is 16.7. The monoisotopic (exact) mass is 326 g/mol. The van der Waals surface area contributed by atoms with E-state index in [2.05, 4.69) is 4.90 Å². The van der Waals surface area contributed by atoms with E-state index in [4.69, 9.17) is 0 Å². The fourth-order valence-electron chi connectivity index (χ4n) is 3.44. The molecule has 1 aliphatic rings. The first-order valence-corrected chi connectivity index (χ1v) is 8.46. The van der Waals surface area contributed by atoms with Crippen LogP contribution in [-0.2, 0) is 11.3 Å². The minimum Gasteiger partial charge on any atom is -0.310 e. The highest BCUT2D eigenvalue weighted by atomic mass is 19.1. The van der Waals surface area contributed by atoms with Gasteiger partial charge in [-0.25, -0.2) is 4.39 Å². The number of benzene rings is 2. The largest absolute Gasteiger partial charge is 0.310 e. The molecule has 3 nitrogen and oxygen atoms in total. The van der Waals surface area contributed by atoms with Crippen LogP contribution in [0, 0.1) is 5.82 Å². The number of carbonyl (C=O) groups excluding carboxylic acids is 1. The Morgan fingerprint density at radius 2 is 1.71 bits per heavy atom. The highest BCUT2D eigenvalue weighted by Crippen LogP contribution is 2.24. The second-order valence-electron chi connectivity index (χ2n) is 6.32. The Bertz CT molecular complexity index is 681. The lowest BCUT2D eigenvalue weighted by atomic mass is 10.0. The Hall–Kier alpha value is -2.20. The lowest BCUT2D eigenvalue weighted by molar-refractivity contribution is -0.117. The fraction of sp³-hybridized carbons (Fsp3) is 0.350. The van der Waals surface area contributed by atoms with Gasteiger partial charge in [-0.1, -0.05) is 36.4 Å². The van der Waals surface area contributed by atoms with Gasteiger partial charge in [-0.2, -0.15) is 0 Å². The Kier molecular flexibility index (Phi) is 5.26. The molecule has 0 aliphatic carbocycles. The molecule has 1 aliphatic heterocycles. The van der Waals surface area contributed by atoms with Crippen molar-refractivity contribution in [3.05, 3.63) is 66.0 Å². The van der Waals surface area contributed by atoms with Gasteiger partial charge in [0.05, 0.1) is 0 Å². The summed E-state index contributed by atoms with van der Waals surface area (Å²) in [6.45, 7) is 3.99. The number of amides is 1. The van der Waals surface area contributed by atoms with E-state index in [9.17, 15) is 9.18 Å². The Balaban J connectivity index is 1.63. The fourth-order valence-corrected chi connectivity index (χ4v) is 3.44. The van der Waals surface area contributed by atoms with E-state index in [-0.39, 0.29) is 17.8 Å². The quantitative estimate of drug-likeness (QED) is 0.852. The molecule has 0 unspecified atom stereocenters. The molecule has 0 saturated carbocycles. The minimum absolute atomic E-state index is 0.0775. The lowest BCUT2D eigenvalue weighted by Crippen LogP contribution is -2.46. The van der Waals surface area contributed by atoms with Crippen molar-refractivity contribution in [1.29, 1.82) is 0 Å². The van der Waals surface area contributed by atoms with Crippen molar-refractivity contribution in [3.8, 4) is 0 Å². The SMILES string of the molecule is CC(=O)N(c1ccccc1)C1CCN(Cc2ccccc2F)CC1. The molecule has 2 aromatic carbocycles. The first-order valence-electron chi connectivity index (χ1n) is 8.46. The number of hydrogen-bond donors (Lipinski definition) is 0. The highest BCUT2D eigenvalue weighted by molar-refractivity contribution is 5.92. The maximum atomic E-state index is 13.8. The Morgan fingerprint density at radius 3 is 2.33 bits per heavy atom. The normalized spacial score (nSPS) is 16.1. The summed E-state index contributed by atoms with van der Waals surface area (Å²) in [6, 6.07) is 17.0. The van der Waals surface area contributed by atoms with Crippen molar-refractivity contribution in [3.63, 3.8) is 0 Å². The number of para-hydroxylation sites is 1. The third-order valence-corrected chi connectivity index (χ3v) is 4.65. The standard InChI is InChI=1S/C20H23FN2O/c1-16(24)23(18-8-3-2-4-9-18)19-11-13-22(14-12-19)15-17-7-5-6-10-20(17)21/h2-10,19H,11-15H2,1H3. The number of piperidine rings is 1. The van der Waals surface area contributed by atoms with E-state index in [0.717, 1.165) is 37.2 Å². The van der Waals surface area contributed by atoms with Gasteiger partial charge in [0.25, 0.3) is 0 Å². The Labute approximate surface area is 142 Å². The molecular formula is C20H23FN2O. The van der Waals surface area contributed by atoms with Crippen LogP contribution in [0.5, 0.6) is 0 Å². The van der Waals surface area contributed by atoms with Crippen LogP contribution in [0.25, 0.3) is 0 Å². The van der Waals surface area contributed by atoms with Crippen LogP contribution in [-0.4, -0.2) is 29.9 Å². The molecular weight excluding hydrogens is 303 g/mol. The molecule has 1 saturated heterocycles. The zero-order chi connectivity index (χ0) is 16.9. The molecule has 126 valence electrons. The molecule has 0 aromatic heterocycles. The van der Waals surface area contributed by atoms with Crippen LogP contribution in [0.3, 0.4) is 0 Å². The number of halogens is 1. The number of rotatable bonds is 4. The van der Waals surface area contributed by atoms with Crippen molar-refractivity contribution in [1.82, 2.24) is 4.90 Å². The molecule has 0 spiro atoms. The maximum Gasteiger partial charge on any atom is 0.224 e. The molecule has 1 amide bonds. The molecule has 24 heavy (non-hydrogen) atoms. The first-order chi connectivity index (χ1) is 11.6. The maximum absolute atomic E-state index is 13.8. The molecule has 2 aromatic rings. The molecule has 3 rings (SSSR count). The lowest BCUT2D eigenvalue weighted by Gasteiger charge is -2.38. The average Bonchev–Trinajstić information content (AvgIpc) is 2.59. The van der Waals surface area contributed by atoms with Crippen LogP contribution in [0.15, 0.2) is 54.6 Å². The third-order valence-electron chi connectivity index (χ3n) is 4.65. The van der Waals surface area contributed by atoms with Gasteiger partial charge in [-0.15, -0.1) is 0 Å². The minimum atomic E-state index is -0.144. The summed E-state index contributed by atoms with van der Waals surface area (Å²) in [5.41, 5.74) is 1.69. The summed E-state index contributed by atoms with van der Waals surface area (Å²) in [5.74, 6) is -0.0666. The van der Waals surface area contributed by atoms with Gasteiger partial charge in [0.2, 0.25) is 5.91 Å². The van der Waals surface area contributed by atoms with Crippen LogP contribution in [0.1, 0.15) is 25.3 Å². The highest BCUT2D eigenvalue weighted by Gasteiger charge is 2.27. The summed E-state index contributed by atoms with van der Waals surface area (Å²) in [4.78, 5) is 16.3. The summed E-state index contributed by atoms with van der Waals surface area (Å²) in [6.07, 6.45) is 1.81. The van der Waals surface area contributed by atoms with E-state index < -0.39 is 0 Å². The number of hydrogen-bond acceptors (Lipinski definition) is 2. The Morgan fingerprint density at radius 1 is 1.08 bits per heavy atom. The van der Waals surface area contributed by atoms with E-state index >= 15 is 0 Å². The summed E-state index contributed by atoms with van der Waals surface area (Å²) in [7, 11) is 0. The second-order valence-corrected chi connectivity index (χ2v) is 6.32. The van der Waals surface area contributed by atoms with Gasteiger partial charge in [-0.05, 0) is 31.0 Å². The number of likely N-dealkylation sites (tertiary alicyclic amines) is 1. The van der Waals surface area contributed by atoms with E-state index in [0.29, 0.717) is 6.54 Å². The molecule has 0 N–H and O–H groups in total. The van der Waals surface area contributed by atoms with Gasteiger partial charge in [0.15, 0.2) is 0 Å². The van der Waals surface area contributed by atoms with Crippen molar-refractivity contribution >= 4 is 11.6 Å². The number of carbonyl (C=O) groups is 1. The van der Waals surface area contributed by atoms with E-state index in [1.165, 1.54) is 6.07 Å². The van der Waals surface area contributed by atoms with E-state index in [1.807, 2.05) is 47.4 Å². The summed E-state index contributed by atoms with van der Waals surface area (Å²) in [5, 5.41) is 0. The van der Waals surface area contributed by atoms with Crippen LogP contribution in [0.2, 0.25) is 0 Å². The van der Waals surface area contributed by atoms with Gasteiger partial charge in [0.1, 0.15) is 5.82 Å². The number of anilines is 1. The molecule has 4 heteroatoms. The zero-order valence-corrected chi connectivity index (χ0v) is 14.0. The van der Waals surface area contributed by atoms with Gasteiger partial charge < -0.3 is 4.90 Å². The average molecular weight is 326 g/mol. The van der Waals surface area contributed by atoms with Gasteiger partial charge in [0, 0.05) is 43.9 Å².